The molecule has 0 saturated carbocycles. The van der Waals surface area contributed by atoms with Crippen LogP contribution in [-0.2, 0) is 17.6 Å². The molecule has 3 heterocycles. The largest absolute Gasteiger partial charge is 0.467 e. The average Bonchev–Trinajstić information content (AvgIpc) is 2.99. The number of pyridine rings is 1. The number of nitrogens with zero attached hydrogens (tertiary/aromatic N) is 5. The Balaban J connectivity index is 1.19. The number of carbonyl (C=O) groups is 1. The molecule has 1 fully saturated rings. The molecule has 38 heavy (non-hydrogen) atoms. The van der Waals surface area contributed by atoms with Gasteiger partial charge in [-0.3, -0.25) is 9.78 Å². The van der Waals surface area contributed by atoms with Gasteiger partial charge in [0.2, 0.25) is 5.91 Å². The van der Waals surface area contributed by atoms with Crippen molar-refractivity contribution in [3.63, 3.8) is 0 Å². The number of ether oxygens (including phenoxy) is 1. The minimum absolute atomic E-state index is 0.0293. The molecule has 4 aromatic rings. The zero-order chi connectivity index (χ0) is 25.9. The van der Waals surface area contributed by atoms with Crippen LogP contribution in [0.2, 0.25) is 0 Å². The van der Waals surface area contributed by atoms with Gasteiger partial charge in [0.05, 0.1) is 12.8 Å². The molecule has 192 valence electrons. The van der Waals surface area contributed by atoms with Crippen LogP contribution in [0.25, 0.3) is 16.8 Å². The third-order valence-corrected chi connectivity index (χ3v) is 7.69. The first-order chi connectivity index (χ1) is 18.7. The fourth-order valence-corrected chi connectivity index (χ4v) is 5.68. The fourth-order valence-electron chi connectivity index (χ4n) is 5.68. The van der Waals surface area contributed by atoms with E-state index in [1.807, 2.05) is 23.1 Å². The molecule has 7 heteroatoms. The molecule has 2 aromatic heterocycles. The van der Waals surface area contributed by atoms with Gasteiger partial charge in [-0.2, -0.15) is 9.97 Å². The average molecular weight is 506 g/mol. The number of methoxy groups -OCH3 is 1. The zero-order valence-electron chi connectivity index (χ0n) is 21.6. The summed E-state index contributed by atoms with van der Waals surface area (Å²) in [5, 5.41) is 2.60. The Kier molecular flexibility index (Phi) is 6.73. The second-order valence-electron chi connectivity index (χ2n) is 9.89. The van der Waals surface area contributed by atoms with Gasteiger partial charge in [0.15, 0.2) is 0 Å². The van der Waals surface area contributed by atoms with E-state index < -0.39 is 0 Å². The maximum Gasteiger partial charge on any atom is 0.318 e. The van der Waals surface area contributed by atoms with Crippen molar-refractivity contribution in [1.29, 1.82) is 0 Å². The number of anilines is 1. The molecular weight excluding hydrogens is 474 g/mol. The van der Waals surface area contributed by atoms with Gasteiger partial charge < -0.3 is 14.5 Å². The van der Waals surface area contributed by atoms with E-state index in [-0.39, 0.29) is 5.91 Å². The lowest BCUT2D eigenvalue weighted by Crippen LogP contribution is -2.49. The van der Waals surface area contributed by atoms with Gasteiger partial charge in [-0.25, -0.2) is 0 Å². The molecule has 1 atom stereocenters. The van der Waals surface area contributed by atoms with Crippen LogP contribution < -0.4 is 9.64 Å². The van der Waals surface area contributed by atoms with Crippen LogP contribution in [0.15, 0.2) is 73.1 Å². The molecule has 6 rings (SSSR count). The number of piperazine rings is 1. The molecule has 0 spiro atoms. The van der Waals surface area contributed by atoms with E-state index in [1.165, 1.54) is 21.9 Å². The highest BCUT2D eigenvalue weighted by Gasteiger charge is 2.30. The van der Waals surface area contributed by atoms with Gasteiger partial charge in [-0.1, -0.05) is 42.5 Å². The molecule has 1 amide bonds. The van der Waals surface area contributed by atoms with Crippen molar-refractivity contribution < 1.29 is 9.53 Å². The maximum atomic E-state index is 12.8. The number of benzene rings is 2. The van der Waals surface area contributed by atoms with Crippen molar-refractivity contribution in [2.24, 2.45) is 0 Å². The summed E-state index contributed by atoms with van der Waals surface area (Å²) >= 11 is 0. The lowest BCUT2D eigenvalue weighted by molar-refractivity contribution is -0.126. The van der Waals surface area contributed by atoms with Crippen LogP contribution in [0, 0.1) is 0 Å². The monoisotopic (exact) mass is 505 g/mol. The SMILES string of the molecule is COc1nc2c(c(N3CCN(C(=O)/C=C/c4ccncc4)CC3)n1)CCC(c1cccc3ccccc13)C2. The molecule has 2 aliphatic rings. The predicted octanol–water partition coefficient (Wildman–Crippen LogP) is 4.67. The summed E-state index contributed by atoms with van der Waals surface area (Å²) in [6.07, 6.45) is 9.79. The summed E-state index contributed by atoms with van der Waals surface area (Å²) in [6, 6.07) is 19.4. The summed E-state index contributed by atoms with van der Waals surface area (Å²) in [5.41, 5.74) is 4.66. The Bertz CT molecular complexity index is 1470. The molecule has 1 saturated heterocycles. The minimum Gasteiger partial charge on any atom is -0.467 e. The first-order valence-corrected chi connectivity index (χ1v) is 13.2. The Labute approximate surface area is 222 Å². The molecular formula is C31H31N5O2. The second-order valence-corrected chi connectivity index (χ2v) is 9.89. The van der Waals surface area contributed by atoms with Crippen molar-refractivity contribution in [3.05, 3.63) is 95.5 Å². The third kappa shape index (κ3) is 4.84. The maximum absolute atomic E-state index is 12.8. The number of hydrogen-bond donors (Lipinski definition) is 0. The van der Waals surface area contributed by atoms with E-state index in [2.05, 4.69) is 52.3 Å². The number of hydrogen-bond acceptors (Lipinski definition) is 6. The second kappa shape index (κ2) is 10.6. The zero-order valence-corrected chi connectivity index (χ0v) is 21.6. The first-order valence-electron chi connectivity index (χ1n) is 13.2. The number of rotatable bonds is 5. The third-order valence-electron chi connectivity index (χ3n) is 7.69. The van der Waals surface area contributed by atoms with Crippen molar-refractivity contribution in [3.8, 4) is 6.01 Å². The summed E-state index contributed by atoms with van der Waals surface area (Å²) in [5.74, 6) is 1.40. The van der Waals surface area contributed by atoms with Gasteiger partial charge in [0, 0.05) is 50.2 Å². The van der Waals surface area contributed by atoms with Crippen LogP contribution in [0.5, 0.6) is 6.01 Å². The van der Waals surface area contributed by atoms with Crippen LogP contribution in [0.3, 0.4) is 0 Å². The fraction of sp³-hybridized carbons (Fsp3) is 0.290. The molecule has 1 aliphatic carbocycles. The van der Waals surface area contributed by atoms with Gasteiger partial charge in [0.25, 0.3) is 0 Å². The predicted molar refractivity (Wildman–Crippen MR) is 149 cm³/mol. The summed E-state index contributed by atoms with van der Waals surface area (Å²) < 4.78 is 5.53. The molecule has 0 N–H and O–H groups in total. The lowest BCUT2D eigenvalue weighted by Gasteiger charge is -2.37. The number of fused-ring (bicyclic) bond motifs is 2. The molecule has 1 unspecified atom stereocenters. The highest BCUT2D eigenvalue weighted by Crippen LogP contribution is 2.39. The quantitative estimate of drug-likeness (QED) is 0.367. The Morgan fingerprint density at radius 1 is 0.974 bits per heavy atom. The molecule has 0 bridgehead atoms. The summed E-state index contributed by atoms with van der Waals surface area (Å²) in [6.45, 7) is 2.76. The molecule has 7 nitrogen and oxygen atoms in total. The van der Waals surface area contributed by atoms with Gasteiger partial charge >= 0.3 is 6.01 Å². The van der Waals surface area contributed by atoms with Crippen LogP contribution >= 0.6 is 0 Å². The summed E-state index contributed by atoms with van der Waals surface area (Å²) in [7, 11) is 1.63. The van der Waals surface area contributed by atoms with Gasteiger partial charge in [-0.05, 0) is 65.3 Å². The highest BCUT2D eigenvalue weighted by molar-refractivity contribution is 5.92. The van der Waals surface area contributed by atoms with E-state index in [4.69, 9.17) is 14.7 Å². The highest BCUT2D eigenvalue weighted by atomic mass is 16.5. The molecule has 2 aromatic carbocycles. The Hall–Kier alpha value is -4.26. The number of carbonyl (C=O) groups excluding carboxylic acids is 1. The van der Waals surface area contributed by atoms with E-state index in [0.717, 1.165) is 49.4 Å². The van der Waals surface area contributed by atoms with Crippen molar-refractivity contribution in [2.45, 2.75) is 25.2 Å². The smallest absolute Gasteiger partial charge is 0.318 e. The van der Waals surface area contributed by atoms with E-state index in [9.17, 15) is 4.79 Å². The van der Waals surface area contributed by atoms with E-state index in [1.54, 1.807) is 25.6 Å². The Morgan fingerprint density at radius 3 is 2.58 bits per heavy atom. The van der Waals surface area contributed by atoms with Crippen molar-refractivity contribution in [2.75, 3.05) is 38.2 Å². The first kappa shape index (κ1) is 24.1. The number of amides is 1. The molecule has 0 radical (unpaired) electrons. The van der Waals surface area contributed by atoms with Crippen molar-refractivity contribution >= 4 is 28.6 Å². The lowest BCUT2D eigenvalue weighted by atomic mass is 9.80. The summed E-state index contributed by atoms with van der Waals surface area (Å²) in [4.78, 5) is 30.6. The van der Waals surface area contributed by atoms with Crippen LogP contribution in [0.1, 0.15) is 34.7 Å². The van der Waals surface area contributed by atoms with E-state index >= 15 is 0 Å². The van der Waals surface area contributed by atoms with Gasteiger partial charge in [0.1, 0.15) is 5.82 Å². The minimum atomic E-state index is 0.0293. The molecule has 1 aliphatic heterocycles. The van der Waals surface area contributed by atoms with Crippen molar-refractivity contribution in [1.82, 2.24) is 19.9 Å². The normalized spacial score (nSPS) is 17.6. The van der Waals surface area contributed by atoms with Crippen LogP contribution in [-0.4, -0.2) is 59.0 Å². The standard InChI is InChI=1S/C31H31N5O2/c1-38-31-33-28-21-24(26-8-4-6-23-5-2-3-7-25(23)26)10-11-27(28)30(34-31)36-19-17-35(18-20-36)29(37)12-9-22-13-15-32-16-14-22/h2-9,12-16,24H,10-11,17-21H2,1H3/b12-9+. The van der Waals surface area contributed by atoms with E-state index in [0.29, 0.717) is 25.0 Å². The Morgan fingerprint density at radius 2 is 1.76 bits per heavy atom. The van der Waals surface area contributed by atoms with Gasteiger partial charge in [-0.15, -0.1) is 0 Å². The topological polar surface area (TPSA) is 71.5 Å². The van der Waals surface area contributed by atoms with Crippen LogP contribution in [0.4, 0.5) is 5.82 Å². The number of aromatic nitrogens is 3.